The Kier molecular flexibility index (Phi) is 6.73. The van der Waals surface area contributed by atoms with Crippen molar-refractivity contribution in [2.45, 2.75) is 38.0 Å². The molecular weight excluding hydrogens is 517 g/mol. The van der Waals surface area contributed by atoms with Crippen molar-refractivity contribution >= 4 is 21.1 Å². The highest BCUT2D eigenvalue weighted by Crippen LogP contribution is 3.02. The van der Waals surface area contributed by atoms with Crippen molar-refractivity contribution in [3.63, 3.8) is 0 Å². The highest BCUT2D eigenvalue weighted by Gasteiger charge is 2.65. The average Bonchev–Trinajstić information content (AvgIpc) is 2.80. The normalized spacial score (nSPS) is 18.9. The summed E-state index contributed by atoms with van der Waals surface area (Å²) in [5, 5.41) is -0.578. The van der Waals surface area contributed by atoms with Crippen molar-refractivity contribution in [2.75, 3.05) is 33.4 Å². The summed E-state index contributed by atoms with van der Waals surface area (Å²) >= 11 is 0. The minimum atomic E-state index is -9.98. The van der Waals surface area contributed by atoms with Crippen LogP contribution < -0.4 is 15.0 Å². The number of hydrogen-bond acceptors (Lipinski definition) is 5. The summed E-state index contributed by atoms with van der Waals surface area (Å²) in [6.45, 7) is 7.31. The second-order valence-corrected chi connectivity index (χ2v) is 11.9. The number of benzene rings is 2. The summed E-state index contributed by atoms with van der Waals surface area (Å²) in [5.74, 6) is 1.56. The van der Waals surface area contributed by atoms with Gasteiger partial charge in [-0.15, -0.1) is 0 Å². The van der Waals surface area contributed by atoms with Crippen LogP contribution in [0, 0.1) is 12.8 Å². The third-order valence-corrected chi connectivity index (χ3v) is 7.62. The van der Waals surface area contributed by atoms with E-state index in [1.807, 2.05) is 0 Å². The molecule has 2 aromatic carbocycles. The summed E-state index contributed by atoms with van der Waals surface area (Å²) in [4.78, 5) is 17.6. The van der Waals surface area contributed by atoms with Gasteiger partial charge in [-0.05, 0) is 69.0 Å². The van der Waals surface area contributed by atoms with Crippen molar-refractivity contribution in [3.8, 4) is 17.2 Å². The molecule has 3 aromatic rings. The number of aromatic nitrogens is 2. The molecule has 0 aliphatic carbocycles. The summed E-state index contributed by atoms with van der Waals surface area (Å²) in [5.41, 5.74) is -0.841. The Balaban J connectivity index is 1.60. The zero-order valence-corrected chi connectivity index (χ0v) is 21.7. The third kappa shape index (κ3) is 6.18. The van der Waals surface area contributed by atoms with Crippen LogP contribution in [0.4, 0.5) is 19.4 Å². The molecule has 1 saturated heterocycles. The predicted molar refractivity (Wildman–Crippen MR) is 135 cm³/mol. The monoisotopic (exact) mass is 547 g/mol. The Bertz CT molecular complexity index is 1380. The number of ether oxygens (including phenoxy) is 2. The van der Waals surface area contributed by atoms with Gasteiger partial charge in [-0.1, -0.05) is 26.4 Å². The zero-order valence-electron chi connectivity index (χ0n) is 20.9. The smallest absolute Gasteiger partial charge is 0.310 e. The number of aryl methyl sites for hydroxylation is 1. The lowest BCUT2D eigenvalue weighted by atomic mass is 10.0. The summed E-state index contributed by atoms with van der Waals surface area (Å²) in [6.07, 6.45) is 3.29. The van der Waals surface area contributed by atoms with Gasteiger partial charge in [0.05, 0.1) is 30.3 Å². The van der Waals surface area contributed by atoms with Gasteiger partial charge in [-0.25, -0.2) is 4.98 Å². The number of halogens is 5. The van der Waals surface area contributed by atoms with Crippen LogP contribution in [0.2, 0.25) is 0 Å². The van der Waals surface area contributed by atoms with Crippen LogP contribution in [-0.4, -0.2) is 47.8 Å². The highest BCUT2D eigenvalue weighted by molar-refractivity contribution is 8.45. The number of nitrogens with zero attached hydrogens (tertiary/aromatic N) is 3. The van der Waals surface area contributed by atoms with Gasteiger partial charge in [0.1, 0.15) is 22.2 Å². The zero-order chi connectivity index (χ0) is 27.1. The number of methoxy groups -OCH3 is 1. The second-order valence-electron chi connectivity index (χ2n) is 9.53. The maximum absolute atomic E-state index is 13.4. The van der Waals surface area contributed by atoms with Gasteiger partial charge in [0.15, 0.2) is 0 Å². The fourth-order valence-corrected chi connectivity index (χ4v) is 5.37. The molecule has 1 aliphatic rings. The number of hydrogen-bond donors (Lipinski definition) is 0. The van der Waals surface area contributed by atoms with Gasteiger partial charge in [0.2, 0.25) is 0 Å². The largest absolute Gasteiger partial charge is 0.494 e. The molecule has 1 atom stereocenters. The molecule has 1 aromatic heterocycles. The number of likely N-dealkylation sites (tertiary alicyclic amines) is 1. The fourth-order valence-electron chi connectivity index (χ4n) is 4.70. The van der Waals surface area contributed by atoms with Crippen LogP contribution in [-0.2, 0) is 0 Å². The molecule has 204 valence electrons. The van der Waals surface area contributed by atoms with E-state index in [2.05, 4.69) is 16.8 Å². The van der Waals surface area contributed by atoms with E-state index in [4.69, 9.17) is 9.47 Å². The molecule has 4 rings (SSSR count). The number of fused-ring (bicyclic) bond motifs is 1. The highest BCUT2D eigenvalue weighted by atomic mass is 32.5. The van der Waals surface area contributed by atoms with Crippen LogP contribution in [0.15, 0.2) is 46.1 Å². The van der Waals surface area contributed by atoms with E-state index in [1.165, 1.54) is 32.9 Å². The van der Waals surface area contributed by atoms with E-state index in [-0.39, 0.29) is 34.9 Å². The molecule has 2 heterocycles. The maximum atomic E-state index is 13.4. The van der Waals surface area contributed by atoms with E-state index in [1.54, 1.807) is 12.1 Å². The van der Waals surface area contributed by atoms with Crippen LogP contribution in [0.1, 0.15) is 32.0 Å². The first kappa shape index (κ1) is 27.2. The van der Waals surface area contributed by atoms with Crippen molar-refractivity contribution in [1.29, 1.82) is 0 Å². The molecule has 12 heteroatoms. The van der Waals surface area contributed by atoms with Crippen molar-refractivity contribution in [1.82, 2.24) is 14.5 Å². The Morgan fingerprint density at radius 3 is 2.54 bits per heavy atom. The van der Waals surface area contributed by atoms with Gasteiger partial charge in [-0.2, -0.15) is 0 Å². The lowest BCUT2D eigenvalue weighted by Crippen LogP contribution is -2.35. The summed E-state index contributed by atoms with van der Waals surface area (Å²) in [6, 6.07) is 5.90. The molecule has 0 saturated carbocycles. The Hall–Kier alpha value is -2.86. The van der Waals surface area contributed by atoms with Crippen LogP contribution >= 0.6 is 10.2 Å². The van der Waals surface area contributed by atoms with Crippen LogP contribution in [0.5, 0.6) is 11.5 Å². The quantitative estimate of drug-likeness (QED) is 0.228. The summed E-state index contributed by atoms with van der Waals surface area (Å²) < 4.78 is 79.1. The van der Waals surface area contributed by atoms with Crippen LogP contribution in [0.25, 0.3) is 16.6 Å². The van der Waals surface area contributed by atoms with E-state index in [9.17, 15) is 24.2 Å². The molecule has 0 bridgehead atoms. The number of rotatable bonds is 8. The molecule has 6 nitrogen and oxygen atoms in total. The van der Waals surface area contributed by atoms with Crippen molar-refractivity contribution in [3.05, 3.63) is 52.6 Å². The summed E-state index contributed by atoms with van der Waals surface area (Å²) in [7, 11) is -8.60. The maximum Gasteiger partial charge on any atom is 0.310 e. The van der Waals surface area contributed by atoms with Gasteiger partial charge in [0.25, 0.3) is 5.56 Å². The molecular formula is C25H30F5N3O3S. The first-order valence-electron chi connectivity index (χ1n) is 12.0. The van der Waals surface area contributed by atoms with E-state index >= 15 is 0 Å². The minimum Gasteiger partial charge on any atom is -0.494 e. The second kappa shape index (κ2) is 9.16. The molecule has 0 amide bonds. The van der Waals surface area contributed by atoms with Gasteiger partial charge >= 0.3 is 10.2 Å². The molecule has 0 radical (unpaired) electrons. The fraction of sp³-hybridized carbons (Fsp3) is 0.440. The van der Waals surface area contributed by atoms with Gasteiger partial charge < -0.3 is 14.4 Å². The van der Waals surface area contributed by atoms with Crippen LogP contribution in [0.3, 0.4) is 0 Å². The first-order chi connectivity index (χ1) is 17.2. The molecule has 1 aliphatic heterocycles. The third-order valence-electron chi connectivity index (χ3n) is 6.47. The lowest BCUT2D eigenvalue weighted by Gasteiger charge is -2.40. The van der Waals surface area contributed by atoms with E-state index < -0.39 is 26.1 Å². The van der Waals surface area contributed by atoms with Gasteiger partial charge in [0, 0.05) is 19.2 Å². The first-order valence-corrected chi connectivity index (χ1v) is 13.9. The van der Waals surface area contributed by atoms with E-state index in [0.29, 0.717) is 18.3 Å². The Labute approximate surface area is 211 Å². The topological polar surface area (TPSA) is 56.6 Å². The van der Waals surface area contributed by atoms with Crippen molar-refractivity contribution in [2.24, 2.45) is 5.92 Å². The SMILES string of the molecule is COc1cc(OCCCN2CCC[C@H](C)C2)ccc1-n1c(C)nc2ccc(S(F)(F)(F)(F)F)cc2c1=O. The Morgan fingerprint density at radius 1 is 1.11 bits per heavy atom. The minimum absolute atomic E-state index is 0.119. The molecule has 1 fully saturated rings. The van der Waals surface area contributed by atoms with E-state index in [0.717, 1.165) is 36.7 Å². The average molecular weight is 548 g/mol. The number of piperidine rings is 1. The molecule has 0 N–H and O–H groups in total. The Morgan fingerprint density at radius 2 is 1.86 bits per heavy atom. The molecule has 0 spiro atoms. The lowest BCUT2D eigenvalue weighted by molar-refractivity contribution is 0.170. The van der Waals surface area contributed by atoms with Crippen molar-refractivity contribution < 1.29 is 28.9 Å². The molecule has 0 unspecified atom stereocenters. The van der Waals surface area contributed by atoms with Gasteiger partial charge in [-0.3, -0.25) is 9.36 Å². The molecule has 37 heavy (non-hydrogen) atoms. The standard InChI is InChI=1S/C25H30F5N3O3S/c1-17-6-4-11-32(16-17)12-5-13-36-19-7-10-23(24(14-19)35-3)33-18(2)31-22-9-8-20(15-21(22)25(33)34)37(26,27,28,29)30/h7-10,14-15,17H,4-6,11-13,16H2,1-3H3/t17-/m0/s1. The predicted octanol–water partition coefficient (Wildman–Crippen LogP) is 6.86.